The molecule has 6 heteroatoms. The third-order valence-corrected chi connectivity index (χ3v) is 3.16. The highest BCUT2D eigenvalue weighted by Gasteiger charge is 2.42. The lowest BCUT2D eigenvalue weighted by atomic mass is 9.96. The molecule has 1 saturated heterocycles. The van der Waals surface area contributed by atoms with Crippen molar-refractivity contribution in [2.24, 2.45) is 0 Å². The predicted octanol–water partition coefficient (Wildman–Crippen LogP) is 2.00. The van der Waals surface area contributed by atoms with Crippen molar-refractivity contribution in [3.05, 3.63) is 0 Å². The summed E-state index contributed by atoms with van der Waals surface area (Å²) in [6.45, 7) is 6.09. The highest BCUT2D eigenvalue weighted by molar-refractivity contribution is 6.05. The first-order valence-electron chi connectivity index (χ1n) is 6.80. The van der Waals surface area contributed by atoms with Crippen LogP contribution in [0.1, 0.15) is 52.9 Å². The van der Waals surface area contributed by atoms with Crippen molar-refractivity contribution >= 4 is 18.0 Å². The second kappa shape index (κ2) is 6.54. The summed E-state index contributed by atoms with van der Waals surface area (Å²) in [4.78, 5) is 36.1. The van der Waals surface area contributed by atoms with E-state index in [0.29, 0.717) is 6.54 Å². The van der Waals surface area contributed by atoms with Gasteiger partial charge in [-0.2, -0.15) is 0 Å². The van der Waals surface area contributed by atoms with E-state index >= 15 is 0 Å². The molecular formula is C13H23N3O3. The molecule has 19 heavy (non-hydrogen) atoms. The molecule has 5 amide bonds. The molecule has 1 aliphatic rings. The van der Waals surface area contributed by atoms with Crippen molar-refractivity contribution in [3.8, 4) is 0 Å². The Morgan fingerprint density at radius 2 is 2.00 bits per heavy atom. The Hall–Kier alpha value is -1.59. The highest BCUT2D eigenvalue weighted by atomic mass is 16.2. The fourth-order valence-corrected chi connectivity index (χ4v) is 2.16. The van der Waals surface area contributed by atoms with E-state index in [1.165, 1.54) is 0 Å². The summed E-state index contributed by atoms with van der Waals surface area (Å²) in [6.07, 6.45) is 4.36. The summed E-state index contributed by atoms with van der Waals surface area (Å²) in [5, 5.41) is 4.89. The monoisotopic (exact) mass is 269 g/mol. The van der Waals surface area contributed by atoms with Crippen LogP contribution in [0, 0.1) is 0 Å². The van der Waals surface area contributed by atoms with Gasteiger partial charge in [0.1, 0.15) is 0 Å². The molecule has 0 bridgehead atoms. The maximum Gasteiger partial charge on any atom is 0.332 e. The van der Waals surface area contributed by atoms with E-state index in [4.69, 9.17) is 0 Å². The summed E-state index contributed by atoms with van der Waals surface area (Å²) in [5.74, 6) is -0.345. The van der Waals surface area contributed by atoms with Gasteiger partial charge in [0.05, 0.1) is 12.0 Å². The minimum absolute atomic E-state index is 0.127. The van der Waals surface area contributed by atoms with Gasteiger partial charge in [-0.05, 0) is 20.3 Å². The molecule has 0 saturated carbocycles. The van der Waals surface area contributed by atoms with Crippen LogP contribution < -0.4 is 10.6 Å². The molecule has 1 fully saturated rings. The quantitative estimate of drug-likeness (QED) is 0.749. The molecule has 0 spiro atoms. The zero-order chi connectivity index (χ0) is 14.5. The maximum absolute atomic E-state index is 12.0. The van der Waals surface area contributed by atoms with Crippen molar-refractivity contribution in [1.82, 2.24) is 15.5 Å². The van der Waals surface area contributed by atoms with E-state index in [0.717, 1.165) is 30.6 Å². The standard InChI is InChI=1S/C13H23N3O3/c1-4-5-6-7-8-14-11(18)16-12(19)15-10(17)9-13(16,2)3/h4-9H2,1-3H3,(H,14,18)(H,15,17,19). The predicted molar refractivity (Wildman–Crippen MR) is 71.6 cm³/mol. The zero-order valence-electron chi connectivity index (χ0n) is 11.9. The van der Waals surface area contributed by atoms with Gasteiger partial charge in [-0.3, -0.25) is 10.1 Å². The van der Waals surface area contributed by atoms with Crippen molar-refractivity contribution in [1.29, 1.82) is 0 Å². The molecule has 0 radical (unpaired) electrons. The number of amides is 5. The summed E-state index contributed by atoms with van der Waals surface area (Å²) in [7, 11) is 0. The van der Waals surface area contributed by atoms with Gasteiger partial charge in [-0.25, -0.2) is 14.5 Å². The fourth-order valence-electron chi connectivity index (χ4n) is 2.16. The lowest BCUT2D eigenvalue weighted by Crippen LogP contribution is -2.64. The minimum atomic E-state index is -0.785. The SMILES string of the molecule is CCCCCCNC(=O)N1C(=O)NC(=O)CC1(C)C. The minimum Gasteiger partial charge on any atom is -0.338 e. The molecule has 2 N–H and O–H groups in total. The maximum atomic E-state index is 12.0. The number of carbonyl (C=O) groups is 3. The van der Waals surface area contributed by atoms with Crippen LogP contribution in [0.25, 0.3) is 0 Å². The average Bonchev–Trinajstić information content (AvgIpc) is 2.25. The van der Waals surface area contributed by atoms with Crippen molar-refractivity contribution in [2.75, 3.05) is 6.54 Å². The van der Waals surface area contributed by atoms with Gasteiger partial charge in [0.2, 0.25) is 5.91 Å². The third kappa shape index (κ3) is 4.22. The smallest absolute Gasteiger partial charge is 0.332 e. The van der Waals surface area contributed by atoms with Gasteiger partial charge in [0.15, 0.2) is 0 Å². The third-order valence-electron chi connectivity index (χ3n) is 3.16. The molecule has 0 unspecified atom stereocenters. The summed E-state index contributed by atoms with van der Waals surface area (Å²) >= 11 is 0. The van der Waals surface area contributed by atoms with Crippen LogP contribution >= 0.6 is 0 Å². The molecule has 0 atom stereocenters. The number of hydrogen-bond acceptors (Lipinski definition) is 3. The van der Waals surface area contributed by atoms with Crippen molar-refractivity contribution in [2.45, 2.75) is 58.4 Å². The first-order valence-corrected chi connectivity index (χ1v) is 6.80. The van der Waals surface area contributed by atoms with E-state index in [9.17, 15) is 14.4 Å². The summed E-state index contributed by atoms with van der Waals surface area (Å²) in [6, 6.07) is -1.08. The topological polar surface area (TPSA) is 78.5 Å². The van der Waals surface area contributed by atoms with Crippen LogP contribution in [0.4, 0.5) is 9.59 Å². The highest BCUT2D eigenvalue weighted by Crippen LogP contribution is 2.22. The number of unbranched alkanes of at least 4 members (excludes halogenated alkanes) is 3. The number of hydrogen-bond donors (Lipinski definition) is 2. The van der Waals surface area contributed by atoms with Gasteiger partial charge in [-0.15, -0.1) is 0 Å². The molecule has 0 aromatic heterocycles. The molecule has 0 aromatic carbocycles. The van der Waals surface area contributed by atoms with E-state index in [1.807, 2.05) is 0 Å². The molecule has 1 heterocycles. The van der Waals surface area contributed by atoms with E-state index < -0.39 is 17.6 Å². The molecule has 0 aromatic rings. The molecule has 108 valence electrons. The largest absolute Gasteiger partial charge is 0.338 e. The number of rotatable bonds is 5. The Labute approximate surface area is 113 Å². The van der Waals surface area contributed by atoms with Crippen molar-refractivity contribution in [3.63, 3.8) is 0 Å². The van der Waals surface area contributed by atoms with Crippen LogP contribution in [-0.4, -0.2) is 35.0 Å². The lowest BCUT2D eigenvalue weighted by molar-refractivity contribution is -0.123. The molecule has 1 aliphatic heterocycles. The first-order chi connectivity index (χ1) is 8.88. The molecule has 0 aliphatic carbocycles. The van der Waals surface area contributed by atoms with Crippen LogP contribution in [-0.2, 0) is 4.79 Å². The van der Waals surface area contributed by atoms with Crippen LogP contribution in [0.2, 0.25) is 0 Å². The van der Waals surface area contributed by atoms with E-state index in [2.05, 4.69) is 17.6 Å². The van der Waals surface area contributed by atoms with Gasteiger partial charge < -0.3 is 5.32 Å². The van der Waals surface area contributed by atoms with Crippen LogP contribution in [0.3, 0.4) is 0 Å². The van der Waals surface area contributed by atoms with E-state index in [1.54, 1.807) is 13.8 Å². The molecular weight excluding hydrogens is 246 g/mol. The van der Waals surface area contributed by atoms with Gasteiger partial charge in [-0.1, -0.05) is 26.2 Å². The Morgan fingerprint density at radius 3 is 2.58 bits per heavy atom. The molecule has 6 nitrogen and oxygen atoms in total. The lowest BCUT2D eigenvalue weighted by Gasteiger charge is -2.39. The van der Waals surface area contributed by atoms with Crippen LogP contribution in [0.5, 0.6) is 0 Å². The second-order valence-corrected chi connectivity index (χ2v) is 5.47. The Morgan fingerprint density at radius 1 is 1.32 bits per heavy atom. The summed E-state index contributed by atoms with van der Waals surface area (Å²) < 4.78 is 0. The second-order valence-electron chi connectivity index (χ2n) is 5.47. The van der Waals surface area contributed by atoms with Crippen LogP contribution in [0.15, 0.2) is 0 Å². The first kappa shape index (κ1) is 15.5. The number of urea groups is 2. The number of nitrogens with zero attached hydrogens (tertiary/aromatic N) is 1. The fraction of sp³-hybridized carbons (Fsp3) is 0.769. The normalized spacial score (nSPS) is 18.2. The number of imide groups is 2. The van der Waals surface area contributed by atoms with Gasteiger partial charge in [0.25, 0.3) is 0 Å². The Kier molecular flexibility index (Phi) is 5.32. The average molecular weight is 269 g/mol. The zero-order valence-corrected chi connectivity index (χ0v) is 11.9. The van der Waals surface area contributed by atoms with E-state index in [-0.39, 0.29) is 12.3 Å². The molecule has 1 rings (SSSR count). The van der Waals surface area contributed by atoms with Gasteiger partial charge in [0, 0.05) is 6.54 Å². The Balaban J connectivity index is 2.50. The Bertz CT molecular complexity index is 366. The van der Waals surface area contributed by atoms with Gasteiger partial charge >= 0.3 is 12.1 Å². The van der Waals surface area contributed by atoms with Crippen molar-refractivity contribution < 1.29 is 14.4 Å². The number of nitrogens with one attached hydrogen (secondary N) is 2. The number of carbonyl (C=O) groups excluding carboxylic acids is 3. The summed E-state index contributed by atoms with van der Waals surface area (Å²) in [5.41, 5.74) is -0.785.